The van der Waals surface area contributed by atoms with Gasteiger partial charge < -0.3 is 19.5 Å². The molecule has 6 nitrogen and oxygen atoms in total. The summed E-state index contributed by atoms with van der Waals surface area (Å²) in [6.07, 6.45) is 0.676. The van der Waals surface area contributed by atoms with Crippen LogP contribution in [-0.4, -0.2) is 41.6 Å². The van der Waals surface area contributed by atoms with E-state index in [1.54, 1.807) is 24.3 Å². The minimum Gasteiger partial charge on any atom is -0.486 e. The Morgan fingerprint density at radius 3 is 2.78 bits per heavy atom. The Balaban J connectivity index is 1.60. The fourth-order valence-electron chi connectivity index (χ4n) is 3.64. The summed E-state index contributed by atoms with van der Waals surface area (Å²) in [5.41, 5.74) is 2.30. The highest BCUT2D eigenvalue weighted by molar-refractivity contribution is 6.32. The van der Waals surface area contributed by atoms with Gasteiger partial charge in [0.2, 0.25) is 5.91 Å². The Kier molecular flexibility index (Phi) is 4.66. The van der Waals surface area contributed by atoms with Gasteiger partial charge in [0.1, 0.15) is 13.2 Å². The van der Waals surface area contributed by atoms with Gasteiger partial charge in [-0.2, -0.15) is 0 Å². The van der Waals surface area contributed by atoms with Gasteiger partial charge in [-0.05, 0) is 35.2 Å². The van der Waals surface area contributed by atoms with E-state index in [2.05, 4.69) is 0 Å². The summed E-state index contributed by atoms with van der Waals surface area (Å²) >= 11 is 6.24. The molecule has 1 atom stereocenters. The lowest BCUT2D eigenvalue weighted by Gasteiger charge is -2.35. The number of hydrogen-bond acceptors (Lipinski definition) is 4. The Hall–Kier alpha value is -2.73. The molecule has 1 unspecified atom stereocenters. The van der Waals surface area contributed by atoms with E-state index in [-0.39, 0.29) is 12.3 Å². The van der Waals surface area contributed by atoms with Crippen molar-refractivity contribution in [3.05, 3.63) is 58.1 Å². The van der Waals surface area contributed by atoms with Crippen molar-refractivity contribution < 1.29 is 24.2 Å². The number of carboxylic acids is 1. The van der Waals surface area contributed by atoms with E-state index >= 15 is 0 Å². The van der Waals surface area contributed by atoms with Gasteiger partial charge in [-0.25, -0.2) is 4.79 Å². The maximum atomic E-state index is 12.9. The molecule has 0 aliphatic carbocycles. The third kappa shape index (κ3) is 3.32. The number of ether oxygens (including phenoxy) is 2. The normalized spacial score (nSPS) is 18.0. The number of halogens is 1. The van der Waals surface area contributed by atoms with E-state index in [1.807, 2.05) is 12.1 Å². The molecule has 4 rings (SSSR count). The van der Waals surface area contributed by atoms with Gasteiger partial charge in [-0.15, -0.1) is 0 Å². The van der Waals surface area contributed by atoms with Crippen LogP contribution < -0.4 is 9.47 Å². The molecule has 7 heteroatoms. The quantitative estimate of drug-likeness (QED) is 0.876. The lowest BCUT2D eigenvalue weighted by Crippen LogP contribution is -2.44. The number of carbonyl (C=O) groups excluding carboxylic acids is 1. The summed E-state index contributed by atoms with van der Waals surface area (Å²) in [5, 5.41) is 10.1. The Bertz CT molecular complexity index is 913. The lowest BCUT2D eigenvalue weighted by molar-refractivity contribution is -0.151. The summed E-state index contributed by atoms with van der Waals surface area (Å²) in [7, 11) is 0. The second kappa shape index (κ2) is 7.12. The second-order valence-electron chi connectivity index (χ2n) is 6.56. The molecule has 0 saturated carbocycles. The molecule has 140 valence electrons. The highest BCUT2D eigenvalue weighted by Crippen LogP contribution is 2.39. The van der Waals surface area contributed by atoms with Crippen LogP contribution in [0, 0.1) is 0 Å². The van der Waals surface area contributed by atoms with Crippen LogP contribution in [0.5, 0.6) is 11.5 Å². The van der Waals surface area contributed by atoms with Crippen molar-refractivity contribution in [2.24, 2.45) is 0 Å². The number of hydrogen-bond donors (Lipinski definition) is 1. The van der Waals surface area contributed by atoms with Crippen molar-refractivity contribution in [3.8, 4) is 11.5 Å². The fraction of sp³-hybridized carbons (Fsp3) is 0.300. The van der Waals surface area contributed by atoms with Crippen LogP contribution in [0.25, 0.3) is 0 Å². The molecule has 2 aliphatic heterocycles. The van der Waals surface area contributed by atoms with Crippen molar-refractivity contribution in [3.63, 3.8) is 0 Å². The maximum Gasteiger partial charge on any atom is 0.331 e. The van der Waals surface area contributed by atoms with Crippen molar-refractivity contribution in [1.29, 1.82) is 0 Å². The van der Waals surface area contributed by atoms with Crippen molar-refractivity contribution in [1.82, 2.24) is 4.90 Å². The van der Waals surface area contributed by atoms with Gasteiger partial charge in [0, 0.05) is 6.54 Å². The van der Waals surface area contributed by atoms with E-state index in [0.717, 1.165) is 5.56 Å². The molecule has 1 N–H and O–H groups in total. The second-order valence-corrected chi connectivity index (χ2v) is 6.96. The highest BCUT2D eigenvalue weighted by Gasteiger charge is 2.35. The van der Waals surface area contributed by atoms with Crippen molar-refractivity contribution >= 4 is 23.5 Å². The Morgan fingerprint density at radius 2 is 1.96 bits per heavy atom. The number of amides is 1. The van der Waals surface area contributed by atoms with Crippen molar-refractivity contribution in [2.75, 3.05) is 19.8 Å². The van der Waals surface area contributed by atoms with Gasteiger partial charge in [0.05, 0.1) is 11.4 Å². The number of carboxylic acid groups (broad SMARTS) is 1. The first-order valence-corrected chi connectivity index (χ1v) is 9.10. The van der Waals surface area contributed by atoms with Crippen LogP contribution in [0.2, 0.25) is 5.02 Å². The summed E-state index contributed by atoms with van der Waals surface area (Å²) in [6, 6.07) is 9.78. The lowest BCUT2D eigenvalue weighted by atomic mass is 9.92. The number of carbonyl (C=O) groups is 2. The minimum absolute atomic E-state index is 0.0440. The molecule has 2 heterocycles. The SMILES string of the molecule is O=C(O)C1c2ccccc2CCN1C(=O)Cc1cc(Cl)c2c(c1)OCCO2. The molecule has 2 aliphatic rings. The number of benzene rings is 2. The summed E-state index contributed by atoms with van der Waals surface area (Å²) < 4.78 is 11.0. The molecule has 0 bridgehead atoms. The van der Waals surface area contributed by atoms with E-state index < -0.39 is 12.0 Å². The van der Waals surface area contributed by atoms with Crippen LogP contribution in [0.1, 0.15) is 22.7 Å². The van der Waals surface area contributed by atoms with Crippen LogP contribution in [0.3, 0.4) is 0 Å². The summed E-state index contributed by atoms with van der Waals surface area (Å²) in [6.45, 7) is 1.22. The van der Waals surface area contributed by atoms with E-state index in [0.29, 0.717) is 53.8 Å². The first-order valence-electron chi connectivity index (χ1n) is 8.72. The third-order valence-electron chi connectivity index (χ3n) is 4.85. The zero-order valence-corrected chi connectivity index (χ0v) is 15.2. The highest BCUT2D eigenvalue weighted by atomic mass is 35.5. The number of rotatable bonds is 3. The number of nitrogens with zero attached hydrogens (tertiary/aromatic N) is 1. The largest absolute Gasteiger partial charge is 0.486 e. The monoisotopic (exact) mass is 387 g/mol. The Labute approximate surface area is 161 Å². The van der Waals surface area contributed by atoms with E-state index in [9.17, 15) is 14.7 Å². The first kappa shape index (κ1) is 17.7. The number of aliphatic carboxylic acids is 1. The van der Waals surface area contributed by atoms with Crippen LogP contribution in [0.4, 0.5) is 0 Å². The van der Waals surface area contributed by atoms with Crippen LogP contribution in [-0.2, 0) is 22.4 Å². The van der Waals surface area contributed by atoms with E-state index in [1.165, 1.54) is 4.90 Å². The molecule has 2 aromatic carbocycles. The fourth-order valence-corrected chi connectivity index (χ4v) is 3.93. The summed E-state index contributed by atoms with van der Waals surface area (Å²) in [5.74, 6) is -0.301. The number of fused-ring (bicyclic) bond motifs is 2. The average Bonchev–Trinajstić information content (AvgIpc) is 2.67. The summed E-state index contributed by atoms with van der Waals surface area (Å²) in [4.78, 5) is 26.2. The topological polar surface area (TPSA) is 76.1 Å². The molecule has 0 radical (unpaired) electrons. The maximum absolute atomic E-state index is 12.9. The molecule has 0 fully saturated rings. The van der Waals surface area contributed by atoms with Gasteiger partial charge in [-0.1, -0.05) is 35.9 Å². The Morgan fingerprint density at radius 1 is 1.19 bits per heavy atom. The average molecular weight is 388 g/mol. The van der Waals surface area contributed by atoms with Gasteiger partial charge >= 0.3 is 5.97 Å². The molecule has 0 spiro atoms. The van der Waals surface area contributed by atoms with E-state index in [4.69, 9.17) is 21.1 Å². The van der Waals surface area contributed by atoms with Gasteiger partial charge in [0.25, 0.3) is 0 Å². The standard InChI is InChI=1S/C20H18ClNO5/c21-15-9-12(10-16-19(15)27-8-7-26-16)11-17(23)22-6-5-13-3-1-2-4-14(13)18(22)20(24)25/h1-4,9-10,18H,5-8,11H2,(H,24,25). The molecule has 0 aromatic heterocycles. The molecule has 2 aromatic rings. The molecule has 1 amide bonds. The minimum atomic E-state index is -1.03. The predicted octanol–water partition coefficient (Wildman–Crippen LogP) is 2.86. The molecular formula is C20H18ClNO5. The van der Waals surface area contributed by atoms with Gasteiger partial charge in [0.15, 0.2) is 17.5 Å². The molecule has 0 saturated heterocycles. The molecular weight excluding hydrogens is 370 g/mol. The van der Waals surface area contributed by atoms with Crippen molar-refractivity contribution in [2.45, 2.75) is 18.9 Å². The molecule has 27 heavy (non-hydrogen) atoms. The van der Waals surface area contributed by atoms with Gasteiger partial charge in [-0.3, -0.25) is 4.79 Å². The zero-order valence-electron chi connectivity index (χ0n) is 14.5. The zero-order chi connectivity index (χ0) is 19.0. The first-order chi connectivity index (χ1) is 13.0. The van der Waals surface area contributed by atoms with Crippen LogP contribution >= 0.6 is 11.6 Å². The predicted molar refractivity (Wildman–Crippen MR) is 98.4 cm³/mol. The van der Waals surface area contributed by atoms with Crippen LogP contribution in [0.15, 0.2) is 36.4 Å². The smallest absolute Gasteiger partial charge is 0.331 e. The third-order valence-corrected chi connectivity index (χ3v) is 5.13.